The molecule has 3 heteroatoms. The maximum Gasteiger partial charge on any atom is 0.127 e. The first-order valence-corrected chi connectivity index (χ1v) is 5.65. The average Bonchev–Trinajstić information content (AvgIpc) is 2.19. The van der Waals surface area contributed by atoms with Gasteiger partial charge in [0.15, 0.2) is 0 Å². The number of aromatic nitrogens is 1. The highest BCUT2D eigenvalue weighted by atomic mass is 15.1. The Morgan fingerprint density at radius 1 is 1.40 bits per heavy atom. The van der Waals surface area contributed by atoms with Crippen molar-refractivity contribution in [1.29, 1.82) is 0 Å². The quantitative estimate of drug-likeness (QED) is 0.804. The molecule has 0 saturated carbocycles. The summed E-state index contributed by atoms with van der Waals surface area (Å²) in [5.41, 5.74) is 1.23. The summed E-state index contributed by atoms with van der Waals surface area (Å²) in [4.78, 5) is 6.62. The summed E-state index contributed by atoms with van der Waals surface area (Å²) in [6, 6.07) is 4.68. The highest BCUT2D eigenvalue weighted by Crippen LogP contribution is 2.19. The second-order valence-corrected chi connectivity index (χ2v) is 3.81. The van der Waals surface area contributed by atoms with E-state index < -0.39 is 0 Å². The molecule has 0 saturated heterocycles. The molecule has 1 aromatic rings. The molecule has 0 unspecified atom stereocenters. The third-order valence-electron chi connectivity index (χ3n) is 2.40. The molecule has 0 bridgehead atoms. The van der Waals surface area contributed by atoms with E-state index in [2.05, 4.69) is 55.0 Å². The van der Waals surface area contributed by atoms with E-state index in [4.69, 9.17) is 0 Å². The van der Waals surface area contributed by atoms with Crippen LogP contribution >= 0.6 is 0 Å². The Hall–Kier alpha value is -1.25. The number of anilines is 2. The lowest BCUT2D eigenvalue weighted by Crippen LogP contribution is -2.30. The molecule has 1 rings (SSSR count). The van der Waals surface area contributed by atoms with Crippen LogP contribution in [-0.4, -0.2) is 24.1 Å². The van der Waals surface area contributed by atoms with Crippen LogP contribution in [0.5, 0.6) is 0 Å². The zero-order chi connectivity index (χ0) is 11.3. The molecule has 0 amide bonds. The first kappa shape index (κ1) is 11.8. The normalized spacial score (nSPS) is 10.5. The zero-order valence-corrected chi connectivity index (χ0v) is 10.1. The van der Waals surface area contributed by atoms with E-state index in [9.17, 15) is 0 Å². The Morgan fingerprint density at radius 3 is 2.67 bits per heavy atom. The van der Waals surface area contributed by atoms with Crippen molar-refractivity contribution in [2.45, 2.75) is 33.7 Å². The van der Waals surface area contributed by atoms with Crippen molar-refractivity contribution in [2.75, 3.05) is 23.3 Å². The molecule has 0 fully saturated rings. The lowest BCUT2D eigenvalue weighted by Gasteiger charge is -2.27. The van der Waals surface area contributed by atoms with Crippen molar-refractivity contribution in [3.8, 4) is 0 Å². The lowest BCUT2D eigenvalue weighted by molar-refractivity contribution is 0.703. The number of hydrogen-bond donors (Lipinski definition) is 1. The third-order valence-corrected chi connectivity index (χ3v) is 2.40. The van der Waals surface area contributed by atoms with E-state index >= 15 is 0 Å². The van der Waals surface area contributed by atoms with Gasteiger partial charge < -0.3 is 10.2 Å². The highest BCUT2D eigenvalue weighted by Gasteiger charge is 2.08. The molecule has 15 heavy (non-hydrogen) atoms. The van der Waals surface area contributed by atoms with Gasteiger partial charge in [0.1, 0.15) is 5.82 Å². The van der Waals surface area contributed by atoms with E-state index in [1.165, 1.54) is 5.69 Å². The van der Waals surface area contributed by atoms with E-state index in [-0.39, 0.29) is 0 Å². The maximum absolute atomic E-state index is 4.27. The van der Waals surface area contributed by atoms with Gasteiger partial charge in [0.05, 0.1) is 0 Å². The molecule has 0 spiro atoms. The molecule has 0 radical (unpaired) electrons. The summed E-state index contributed by atoms with van der Waals surface area (Å²) in [7, 11) is 0. The zero-order valence-electron chi connectivity index (χ0n) is 10.1. The molecule has 0 aromatic carbocycles. The second-order valence-electron chi connectivity index (χ2n) is 3.81. The molecule has 1 heterocycles. The van der Waals surface area contributed by atoms with Crippen molar-refractivity contribution in [2.24, 2.45) is 0 Å². The first-order chi connectivity index (χ1) is 7.19. The van der Waals surface area contributed by atoms with Crippen LogP contribution in [0.3, 0.4) is 0 Å². The van der Waals surface area contributed by atoms with E-state index in [1.54, 1.807) is 0 Å². The lowest BCUT2D eigenvalue weighted by atomic mass is 10.2. The van der Waals surface area contributed by atoms with Gasteiger partial charge in [0.25, 0.3) is 0 Å². The van der Waals surface area contributed by atoms with E-state index in [0.29, 0.717) is 6.04 Å². The van der Waals surface area contributed by atoms with Crippen LogP contribution in [0.4, 0.5) is 11.5 Å². The van der Waals surface area contributed by atoms with Crippen LogP contribution in [0, 0.1) is 0 Å². The van der Waals surface area contributed by atoms with Crippen LogP contribution in [0.15, 0.2) is 18.3 Å². The smallest absolute Gasteiger partial charge is 0.127 e. The largest absolute Gasteiger partial charge is 0.370 e. The van der Waals surface area contributed by atoms with Crippen molar-refractivity contribution in [1.82, 2.24) is 4.98 Å². The molecule has 1 aromatic heterocycles. The van der Waals surface area contributed by atoms with Crippen molar-refractivity contribution in [3.05, 3.63) is 18.3 Å². The number of hydrogen-bond acceptors (Lipinski definition) is 3. The Bertz CT molecular complexity index is 297. The van der Waals surface area contributed by atoms with E-state index in [1.807, 2.05) is 6.20 Å². The summed E-state index contributed by atoms with van der Waals surface area (Å²) in [6.45, 7) is 10.6. The van der Waals surface area contributed by atoms with Gasteiger partial charge in [-0.05, 0) is 33.8 Å². The topological polar surface area (TPSA) is 28.2 Å². The summed E-state index contributed by atoms with van der Waals surface area (Å²) >= 11 is 0. The second kappa shape index (κ2) is 5.59. The third kappa shape index (κ3) is 3.11. The van der Waals surface area contributed by atoms with Crippen LogP contribution in [0.1, 0.15) is 27.7 Å². The number of pyridine rings is 1. The van der Waals surface area contributed by atoms with Gasteiger partial charge in [0.2, 0.25) is 0 Å². The molecule has 3 nitrogen and oxygen atoms in total. The standard InChI is InChI=1S/C12H21N3/c1-5-13-12-9-11(7-8-14-12)15(6-2)10(3)4/h7-10H,5-6H2,1-4H3,(H,13,14). The van der Waals surface area contributed by atoms with Crippen LogP contribution in [0.2, 0.25) is 0 Å². The minimum Gasteiger partial charge on any atom is -0.370 e. The molecule has 0 aliphatic rings. The van der Waals surface area contributed by atoms with Gasteiger partial charge in [-0.1, -0.05) is 0 Å². The van der Waals surface area contributed by atoms with Crippen molar-refractivity contribution >= 4 is 11.5 Å². The monoisotopic (exact) mass is 207 g/mol. The van der Waals surface area contributed by atoms with Crippen molar-refractivity contribution < 1.29 is 0 Å². The summed E-state index contributed by atoms with van der Waals surface area (Å²) in [5.74, 6) is 0.953. The highest BCUT2D eigenvalue weighted by molar-refractivity contribution is 5.54. The van der Waals surface area contributed by atoms with Gasteiger partial charge in [-0.2, -0.15) is 0 Å². The predicted molar refractivity (Wildman–Crippen MR) is 66.6 cm³/mol. The number of nitrogens with zero attached hydrogens (tertiary/aromatic N) is 2. The Labute approximate surface area is 92.5 Å². The molecule has 0 atom stereocenters. The molecule has 84 valence electrons. The van der Waals surface area contributed by atoms with Crippen molar-refractivity contribution in [3.63, 3.8) is 0 Å². The Kier molecular flexibility index (Phi) is 4.40. The fraction of sp³-hybridized carbons (Fsp3) is 0.583. The van der Waals surface area contributed by atoms with Gasteiger partial charge in [-0.3, -0.25) is 0 Å². The fourth-order valence-electron chi connectivity index (χ4n) is 1.72. The first-order valence-electron chi connectivity index (χ1n) is 5.65. The van der Waals surface area contributed by atoms with E-state index in [0.717, 1.165) is 18.9 Å². The van der Waals surface area contributed by atoms with Gasteiger partial charge >= 0.3 is 0 Å². The number of nitrogens with one attached hydrogen (secondary N) is 1. The maximum atomic E-state index is 4.27. The van der Waals surface area contributed by atoms with Crippen LogP contribution in [0.25, 0.3) is 0 Å². The minimum atomic E-state index is 0.520. The Morgan fingerprint density at radius 2 is 2.13 bits per heavy atom. The SMILES string of the molecule is CCNc1cc(N(CC)C(C)C)ccn1. The molecular weight excluding hydrogens is 186 g/mol. The Balaban J connectivity index is 2.87. The summed E-state index contributed by atoms with van der Waals surface area (Å²) < 4.78 is 0. The molecular formula is C12H21N3. The van der Waals surface area contributed by atoms with Crippen LogP contribution in [-0.2, 0) is 0 Å². The summed E-state index contributed by atoms with van der Waals surface area (Å²) in [6.07, 6.45) is 1.86. The summed E-state index contributed by atoms with van der Waals surface area (Å²) in [5, 5.41) is 3.23. The molecule has 1 N–H and O–H groups in total. The fourth-order valence-corrected chi connectivity index (χ4v) is 1.72. The molecule has 0 aliphatic carbocycles. The van der Waals surface area contributed by atoms with Gasteiger partial charge in [-0.25, -0.2) is 4.98 Å². The van der Waals surface area contributed by atoms with Gasteiger partial charge in [0, 0.05) is 37.1 Å². The molecule has 0 aliphatic heterocycles. The van der Waals surface area contributed by atoms with Crippen LogP contribution < -0.4 is 10.2 Å². The minimum absolute atomic E-state index is 0.520. The number of rotatable bonds is 5. The van der Waals surface area contributed by atoms with Gasteiger partial charge in [-0.15, -0.1) is 0 Å². The average molecular weight is 207 g/mol. The predicted octanol–water partition coefficient (Wildman–Crippen LogP) is 2.75.